The summed E-state index contributed by atoms with van der Waals surface area (Å²) in [5, 5.41) is 0. The van der Waals surface area contributed by atoms with Gasteiger partial charge in [0, 0.05) is 0 Å². The molecule has 24 heavy (non-hydrogen) atoms. The van der Waals surface area contributed by atoms with Crippen LogP contribution in [-0.4, -0.2) is 0 Å². The van der Waals surface area contributed by atoms with E-state index >= 15 is 0 Å². The van der Waals surface area contributed by atoms with Gasteiger partial charge < -0.3 is 0 Å². The summed E-state index contributed by atoms with van der Waals surface area (Å²) in [6, 6.07) is 17.6. The molecule has 0 heterocycles. The topological polar surface area (TPSA) is 0 Å². The third-order valence-corrected chi connectivity index (χ3v) is 4.80. The van der Waals surface area contributed by atoms with E-state index in [2.05, 4.69) is 88.9 Å². The van der Waals surface area contributed by atoms with Crippen LogP contribution >= 0.6 is 0 Å². The van der Waals surface area contributed by atoms with Crippen LogP contribution in [0.2, 0.25) is 0 Å². The predicted octanol–water partition coefficient (Wildman–Crippen LogP) is 7.09. The van der Waals surface area contributed by atoms with Crippen LogP contribution in [0, 0.1) is 12.8 Å². The molecule has 0 spiro atoms. The van der Waals surface area contributed by atoms with Crippen molar-refractivity contribution < 1.29 is 0 Å². The fourth-order valence-electron chi connectivity index (χ4n) is 2.92. The fourth-order valence-corrected chi connectivity index (χ4v) is 2.92. The van der Waals surface area contributed by atoms with E-state index in [1.807, 2.05) is 0 Å². The molecule has 0 heteroatoms. The molecule has 0 aliphatic carbocycles. The summed E-state index contributed by atoms with van der Waals surface area (Å²) in [4.78, 5) is 0. The van der Waals surface area contributed by atoms with Crippen LogP contribution in [0.5, 0.6) is 0 Å². The Bertz CT molecular complexity index is 701. The number of hydrogen-bond donors (Lipinski definition) is 0. The monoisotopic (exact) mass is 318 g/mol. The summed E-state index contributed by atoms with van der Waals surface area (Å²) in [7, 11) is 0. The zero-order chi connectivity index (χ0) is 17.5. The minimum absolute atomic E-state index is 0.596. The molecule has 1 atom stereocenters. The zero-order valence-electron chi connectivity index (χ0n) is 15.6. The van der Waals surface area contributed by atoms with E-state index < -0.39 is 0 Å². The van der Waals surface area contributed by atoms with E-state index in [0.717, 1.165) is 12.8 Å². The van der Waals surface area contributed by atoms with Gasteiger partial charge in [0.1, 0.15) is 0 Å². The van der Waals surface area contributed by atoms with Crippen LogP contribution in [0.3, 0.4) is 0 Å². The Labute approximate surface area is 147 Å². The smallest absolute Gasteiger partial charge is 0.00228 e. The first-order chi connectivity index (χ1) is 11.5. The minimum atomic E-state index is 0.596. The summed E-state index contributed by atoms with van der Waals surface area (Å²) >= 11 is 0. The van der Waals surface area contributed by atoms with Gasteiger partial charge in [-0.05, 0) is 59.1 Å². The highest BCUT2D eigenvalue weighted by Gasteiger charge is 2.08. The second kappa shape index (κ2) is 8.68. The Morgan fingerprint density at radius 3 is 2.29 bits per heavy atom. The predicted molar refractivity (Wildman–Crippen MR) is 108 cm³/mol. The first-order valence-corrected chi connectivity index (χ1v) is 9.08. The van der Waals surface area contributed by atoms with Gasteiger partial charge in [-0.15, -0.1) is 0 Å². The van der Waals surface area contributed by atoms with E-state index in [0.29, 0.717) is 5.92 Å². The lowest BCUT2D eigenvalue weighted by molar-refractivity contribution is 0.698. The highest BCUT2D eigenvalue weighted by molar-refractivity contribution is 5.71. The van der Waals surface area contributed by atoms with Gasteiger partial charge in [0.25, 0.3) is 0 Å². The molecule has 0 radical (unpaired) electrons. The summed E-state index contributed by atoms with van der Waals surface area (Å²) in [6.45, 7) is 13.0. The van der Waals surface area contributed by atoms with Crippen molar-refractivity contribution in [3.63, 3.8) is 0 Å². The van der Waals surface area contributed by atoms with Crippen molar-refractivity contribution in [1.29, 1.82) is 0 Å². The Kier molecular flexibility index (Phi) is 6.61. The molecule has 0 nitrogen and oxygen atoms in total. The maximum absolute atomic E-state index is 4.13. The third-order valence-electron chi connectivity index (χ3n) is 4.80. The molecular formula is C24H30. The zero-order valence-corrected chi connectivity index (χ0v) is 15.6. The third kappa shape index (κ3) is 4.71. The molecule has 0 aromatic heterocycles. The van der Waals surface area contributed by atoms with Gasteiger partial charge in [0.15, 0.2) is 0 Å². The van der Waals surface area contributed by atoms with Crippen molar-refractivity contribution in [3.8, 4) is 0 Å². The molecule has 0 N–H and O–H groups in total. The Balaban J connectivity index is 2.31. The maximum atomic E-state index is 4.13. The lowest BCUT2D eigenvalue weighted by Gasteiger charge is -2.14. The van der Waals surface area contributed by atoms with Crippen LogP contribution in [0.1, 0.15) is 55.9 Å². The molecule has 2 aromatic carbocycles. The van der Waals surface area contributed by atoms with Gasteiger partial charge in [-0.1, -0.05) is 88.4 Å². The van der Waals surface area contributed by atoms with E-state index in [1.165, 1.54) is 39.8 Å². The Hall–Kier alpha value is -2.08. The van der Waals surface area contributed by atoms with Crippen LogP contribution in [0.4, 0.5) is 0 Å². The molecule has 0 aliphatic rings. The first-order valence-electron chi connectivity index (χ1n) is 9.08. The summed E-state index contributed by atoms with van der Waals surface area (Å²) in [6.07, 6.45) is 5.60. The highest BCUT2D eigenvalue weighted by Crippen LogP contribution is 2.26. The summed E-state index contributed by atoms with van der Waals surface area (Å²) in [5.41, 5.74) is 7.98. The molecular weight excluding hydrogens is 288 g/mol. The van der Waals surface area contributed by atoms with Crippen molar-refractivity contribution >= 4 is 11.1 Å². The van der Waals surface area contributed by atoms with Crippen LogP contribution < -0.4 is 0 Å². The first kappa shape index (κ1) is 18.3. The summed E-state index contributed by atoms with van der Waals surface area (Å²) in [5.74, 6) is 0.596. The minimum Gasteiger partial charge on any atom is -0.0952 e. The summed E-state index contributed by atoms with van der Waals surface area (Å²) < 4.78 is 0. The second-order valence-electron chi connectivity index (χ2n) is 6.72. The number of hydrogen-bond acceptors (Lipinski definition) is 0. The van der Waals surface area contributed by atoms with E-state index in [4.69, 9.17) is 0 Å². The molecule has 2 rings (SSSR count). The van der Waals surface area contributed by atoms with E-state index in [1.54, 1.807) is 0 Å². The number of benzene rings is 2. The van der Waals surface area contributed by atoms with Crippen molar-refractivity contribution in [1.82, 2.24) is 0 Å². The molecule has 0 unspecified atom stereocenters. The largest absolute Gasteiger partial charge is 0.0952 e. The van der Waals surface area contributed by atoms with Gasteiger partial charge in [0.05, 0.1) is 0 Å². The Morgan fingerprint density at radius 1 is 1.04 bits per heavy atom. The highest BCUT2D eigenvalue weighted by atomic mass is 14.1. The molecule has 2 aromatic rings. The average molecular weight is 319 g/mol. The van der Waals surface area contributed by atoms with Crippen molar-refractivity contribution in [2.75, 3.05) is 0 Å². The van der Waals surface area contributed by atoms with Crippen molar-refractivity contribution in [2.45, 2.75) is 47.0 Å². The van der Waals surface area contributed by atoms with Gasteiger partial charge in [0.2, 0.25) is 0 Å². The van der Waals surface area contributed by atoms with Crippen molar-refractivity contribution in [2.24, 2.45) is 5.92 Å². The van der Waals surface area contributed by atoms with Gasteiger partial charge in [-0.25, -0.2) is 0 Å². The average Bonchev–Trinajstić information content (AvgIpc) is 2.61. The molecule has 0 saturated heterocycles. The number of allylic oxidation sites excluding steroid dienone is 3. The van der Waals surface area contributed by atoms with E-state index in [-0.39, 0.29) is 0 Å². The molecule has 0 aliphatic heterocycles. The van der Waals surface area contributed by atoms with Crippen LogP contribution in [0.15, 0.2) is 61.2 Å². The maximum Gasteiger partial charge on any atom is -0.00228 e. The number of aryl methyl sites for hydroxylation is 1. The van der Waals surface area contributed by atoms with Gasteiger partial charge in [-0.2, -0.15) is 0 Å². The standard InChI is InChI=1S/C24H30/c1-6-18(3)16-23(24-11-9-8-10-20(24)5)17-21-12-14-22(15-13-21)19(4)7-2/h8-16,18H,4,6-7,17H2,1-3,5H3/b23-16-/t18-/m1/s1. The van der Waals surface area contributed by atoms with Gasteiger partial charge in [-0.3, -0.25) is 0 Å². The lowest BCUT2D eigenvalue weighted by Crippen LogP contribution is -1.97. The van der Waals surface area contributed by atoms with Gasteiger partial charge >= 0.3 is 0 Å². The normalized spacial score (nSPS) is 12.9. The molecule has 0 saturated carbocycles. The molecule has 0 amide bonds. The second-order valence-corrected chi connectivity index (χ2v) is 6.72. The quantitative estimate of drug-likeness (QED) is 0.511. The SMILES string of the molecule is C=C(CC)c1ccc(C/C(=C/[C@H](C)CC)c2ccccc2C)cc1. The number of rotatable bonds is 7. The molecule has 126 valence electrons. The fraction of sp³-hybridized carbons (Fsp3) is 0.333. The van der Waals surface area contributed by atoms with Crippen LogP contribution in [0.25, 0.3) is 11.1 Å². The van der Waals surface area contributed by atoms with Crippen LogP contribution in [-0.2, 0) is 6.42 Å². The van der Waals surface area contributed by atoms with E-state index in [9.17, 15) is 0 Å². The molecule has 0 bridgehead atoms. The lowest BCUT2D eigenvalue weighted by atomic mass is 9.91. The Morgan fingerprint density at radius 2 is 1.71 bits per heavy atom. The molecule has 0 fully saturated rings. The van der Waals surface area contributed by atoms with Crippen molar-refractivity contribution in [3.05, 3.63) is 83.4 Å².